The Balaban J connectivity index is 2.55. The van der Waals surface area contributed by atoms with E-state index < -0.39 is 29.4 Å². The van der Waals surface area contributed by atoms with Crippen molar-refractivity contribution in [1.82, 2.24) is 5.32 Å². The molecule has 2 unspecified atom stereocenters. The van der Waals surface area contributed by atoms with Gasteiger partial charge < -0.3 is 10.4 Å². The molecular formula is C16H21F2NO3. The highest BCUT2D eigenvalue weighted by atomic mass is 19.1. The second-order valence-electron chi connectivity index (χ2n) is 5.40. The van der Waals surface area contributed by atoms with Crippen molar-refractivity contribution >= 4 is 11.9 Å². The van der Waals surface area contributed by atoms with Crippen LogP contribution in [-0.4, -0.2) is 23.5 Å². The van der Waals surface area contributed by atoms with Crippen LogP contribution in [0.1, 0.15) is 44.6 Å². The van der Waals surface area contributed by atoms with Crippen LogP contribution >= 0.6 is 0 Å². The Hall–Kier alpha value is -1.98. The molecule has 1 amide bonds. The molecule has 122 valence electrons. The van der Waals surface area contributed by atoms with Gasteiger partial charge in [0, 0.05) is 19.0 Å². The Morgan fingerprint density at radius 2 is 2.00 bits per heavy atom. The number of hydrogen-bond donors (Lipinski definition) is 2. The summed E-state index contributed by atoms with van der Waals surface area (Å²) in [5.74, 6) is -3.68. The Morgan fingerprint density at radius 1 is 1.32 bits per heavy atom. The van der Waals surface area contributed by atoms with Gasteiger partial charge in [-0.15, -0.1) is 0 Å². The highest BCUT2D eigenvalue weighted by Crippen LogP contribution is 2.22. The standard InChI is InChI=1S/C16H21F2NO3/c1-3-4-11(16(21)22)9-19-15(20)7-10(2)13-6-5-12(17)8-14(13)18/h5-6,8,10-11H,3-4,7,9H2,1-2H3,(H,19,20)(H,21,22). The van der Waals surface area contributed by atoms with Crippen molar-refractivity contribution in [1.29, 1.82) is 0 Å². The van der Waals surface area contributed by atoms with Crippen LogP contribution < -0.4 is 5.32 Å². The van der Waals surface area contributed by atoms with Gasteiger partial charge in [0.2, 0.25) is 5.91 Å². The smallest absolute Gasteiger partial charge is 0.308 e. The lowest BCUT2D eigenvalue weighted by Gasteiger charge is -2.15. The first-order valence-electron chi connectivity index (χ1n) is 7.29. The summed E-state index contributed by atoms with van der Waals surface area (Å²) in [5.41, 5.74) is 0.264. The number of amides is 1. The van der Waals surface area contributed by atoms with Crippen LogP contribution in [0.5, 0.6) is 0 Å². The van der Waals surface area contributed by atoms with Gasteiger partial charge in [0.05, 0.1) is 5.92 Å². The molecule has 2 N–H and O–H groups in total. The molecule has 0 fully saturated rings. The minimum Gasteiger partial charge on any atom is -0.481 e. The Bertz CT molecular complexity index is 534. The number of carbonyl (C=O) groups excluding carboxylic acids is 1. The number of nitrogens with one attached hydrogen (secondary N) is 1. The molecule has 0 saturated heterocycles. The molecule has 0 saturated carbocycles. The first-order valence-corrected chi connectivity index (χ1v) is 7.29. The van der Waals surface area contributed by atoms with Gasteiger partial charge in [-0.25, -0.2) is 8.78 Å². The second kappa shape index (κ2) is 8.46. The first kappa shape index (κ1) is 18.1. The highest BCUT2D eigenvalue weighted by molar-refractivity contribution is 5.78. The van der Waals surface area contributed by atoms with Gasteiger partial charge in [0.15, 0.2) is 0 Å². The zero-order valence-electron chi connectivity index (χ0n) is 12.7. The third-order valence-corrected chi connectivity index (χ3v) is 3.52. The molecule has 0 aromatic heterocycles. The van der Waals surface area contributed by atoms with E-state index in [1.54, 1.807) is 6.92 Å². The molecule has 1 aromatic rings. The molecule has 0 bridgehead atoms. The number of carboxylic acids is 1. The first-order chi connectivity index (χ1) is 10.3. The lowest BCUT2D eigenvalue weighted by molar-refractivity contribution is -0.141. The van der Waals surface area contributed by atoms with E-state index in [0.29, 0.717) is 12.8 Å². The van der Waals surface area contributed by atoms with Crippen molar-refractivity contribution in [2.45, 2.75) is 39.0 Å². The summed E-state index contributed by atoms with van der Waals surface area (Å²) in [7, 11) is 0. The fourth-order valence-corrected chi connectivity index (χ4v) is 2.26. The van der Waals surface area contributed by atoms with Crippen LogP contribution in [0.4, 0.5) is 8.78 Å². The number of halogens is 2. The largest absolute Gasteiger partial charge is 0.481 e. The molecule has 0 aliphatic carbocycles. The Kier molecular flexibility index (Phi) is 6.95. The summed E-state index contributed by atoms with van der Waals surface area (Å²) in [4.78, 5) is 22.8. The van der Waals surface area contributed by atoms with Gasteiger partial charge >= 0.3 is 5.97 Å². The summed E-state index contributed by atoms with van der Waals surface area (Å²) in [6, 6.07) is 3.25. The molecule has 0 aliphatic rings. The molecule has 22 heavy (non-hydrogen) atoms. The number of rotatable bonds is 8. The van der Waals surface area contributed by atoms with Crippen molar-refractivity contribution in [2.24, 2.45) is 5.92 Å². The van der Waals surface area contributed by atoms with E-state index in [1.807, 2.05) is 6.92 Å². The minimum absolute atomic E-state index is 0.0149. The van der Waals surface area contributed by atoms with E-state index in [2.05, 4.69) is 5.32 Å². The van der Waals surface area contributed by atoms with Crippen molar-refractivity contribution in [2.75, 3.05) is 6.54 Å². The van der Waals surface area contributed by atoms with Crippen molar-refractivity contribution in [3.63, 3.8) is 0 Å². The molecule has 0 spiro atoms. The van der Waals surface area contributed by atoms with E-state index in [1.165, 1.54) is 6.07 Å². The molecule has 4 nitrogen and oxygen atoms in total. The van der Waals surface area contributed by atoms with Gasteiger partial charge in [-0.05, 0) is 24.0 Å². The van der Waals surface area contributed by atoms with E-state index in [-0.39, 0.29) is 24.4 Å². The molecular weight excluding hydrogens is 292 g/mol. The second-order valence-corrected chi connectivity index (χ2v) is 5.40. The van der Waals surface area contributed by atoms with Gasteiger partial charge in [-0.3, -0.25) is 9.59 Å². The van der Waals surface area contributed by atoms with Gasteiger partial charge in [0.1, 0.15) is 11.6 Å². The maximum Gasteiger partial charge on any atom is 0.308 e. The summed E-state index contributed by atoms with van der Waals surface area (Å²) in [6.07, 6.45) is 1.21. The fraction of sp³-hybridized carbons (Fsp3) is 0.500. The third kappa shape index (κ3) is 5.42. The molecule has 6 heteroatoms. The Morgan fingerprint density at radius 3 is 2.55 bits per heavy atom. The lowest BCUT2D eigenvalue weighted by atomic mass is 9.96. The van der Waals surface area contributed by atoms with E-state index >= 15 is 0 Å². The predicted molar refractivity (Wildman–Crippen MR) is 78.4 cm³/mol. The molecule has 0 aliphatic heterocycles. The number of hydrogen-bond acceptors (Lipinski definition) is 2. The zero-order valence-corrected chi connectivity index (χ0v) is 12.7. The quantitative estimate of drug-likeness (QED) is 0.775. The zero-order chi connectivity index (χ0) is 16.7. The van der Waals surface area contributed by atoms with E-state index in [4.69, 9.17) is 5.11 Å². The van der Waals surface area contributed by atoms with Gasteiger partial charge in [0.25, 0.3) is 0 Å². The van der Waals surface area contributed by atoms with Crippen LogP contribution in [0, 0.1) is 17.6 Å². The predicted octanol–water partition coefficient (Wildman–Crippen LogP) is 3.08. The summed E-state index contributed by atoms with van der Waals surface area (Å²) >= 11 is 0. The number of aliphatic carboxylic acids is 1. The average Bonchev–Trinajstić information content (AvgIpc) is 2.42. The van der Waals surface area contributed by atoms with Crippen molar-refractivity contribution < 1.29 is 23.5 Å². The number of carbonyl (C=O) groups is 2. The van der Waals surface area contributed by atoms with E-state index in [0.717, 1.165) is 12.1 Å². The maximum atomic E-state index is 13.6. The van der Waals surface area contributed by atoms with Crippen molar-refractivity contribution in [3.05, 3.63) is 35.4 Å². The normalized spacial score (nSPS) is 13.5. The average molecular weight is 313 g/mol. The lowest BCUT2D eigenvalue weighted by Crippen LogP contribution is -2.33. The highest BCUT2D eigenvalue weighted by Gasteiger charge is 2.19. The van der Waals surface area contributed by atoms with Crippen LogP contribution in [0.25, 0.3) is 0 Å². The van der Waals surface area contributed by atoms with Crippen LogP contribution in [0.3, 0.4) is 0 Å². The molecule has 2 atom stereocenters. The minimum atomic E-state index is -0.945. The summed E-state index contributed by atoms with van der Waals surface area (Å²) < 4.78 is 26.5. The molecule has 0 heterocycles. The SMILES string of the molecule is CCCC(CNC(=O)CC(C)c1ccc(F)cc1F)C(=O)O. The topological polar surface area (TPSA) is 66.4 Å². The number of carboxylic acid groups (broad SMARTS) is 1. The van der Waals surface area contributed by atoms with Crippen molar-refractivity contribution in [3.8, 4) is 0 Å². The monoisotopic (exact) mass is 313 g/mol. The Labute approximate surface area is 128 Å². The molecule has 0 radical (unpaired) electrons. The molecule has 1 rings (SSSR count). The molecule has 1 aromatic carbocycles. The van der Waals surface area contributed by atoms with Crippen LogP contribution in [0.2, 0.25) is 0 Å². The van der Waals surface area contributed by atoms with Gasteiger partial charge in [-0.2, -0.15) is 0 Å². The van der Waals surface area contributed by atoms with E-state index in [9.17, 15) is 18.4 Å². The van der Waals surface area contributed by atoms with Gasteiger partial charge in [-0.1, -0.05) is 26.3 Å². The maximum absolute atomic E-state index is 13.6. The summed E-state index contributed by atoms with van der Waals surface area (Å²) in [5, 5.41) is 11.6. The van der Waals surface area contributed by atoms with Crippen LogP contribution in [0.15, 0.2) is 18.2 Å². The number of benzene rings is 1. The third-order valence-electron chi connectivity index (χ3n) is 3.52. The summed E-state index contributed by atoms with van der Waals surface area (Å²) in [6.45, 7) is 3.59. The fourth-order valence-electron chi connectivity index (χ4n) is 2.26. The van der Waals surface area contributed by atoms with Crippen LogP contribution in [-0.2, 0) is 9.59 Å².